The number of aromatic nitrogens is 4. The molecule has 2 N–H and O–H groups in total. The minimum Gasteiger partial charge on any atom is -0.345 e. The first kappa shape index (κ1) is 24.7. The molecule has 2 aromatic carbocycles. The van der Waals surface area contributed by atoms with Crippen molar-refractivity contribution in [2.24, 2.45) is 7.05 Å². The van der Waals surface area contributed by atoms with Gasteiger partial charge in [-0.3, -0.25) is 14.5 Å². The molecule has 0 aliphatic rings. The third-order valence-corrected chi connectivity index (χ3v) is 8.35. The number of aryl methyl sites for hydroxylation is 1. The number of fused-ring (bicyclic) bond motifs is 2. The maximum Gasteiger partial charge on any atom is 0.272 e. The number of aromatic amines is 1. The number of hydrogen-bond donors (Lipinski definition) is 2. The number of anilines is 1. The SMILES string of the molecule is CCS(=O)(=O)Nc1cc(-c2cn(C)c3c(=O)[nH]ccc23)cc2c1ccn2C(c1ccccc1)c1ccccn1. The lowest BCUT2D eigenvalue weighted by atomic mass is 10.0. The van der Waals surface area contributed by atoms with Crippen LogP contribution in [-0.2, 0) is 17.1 Å². The molecule has 0 fully saturated rings. The quantitative estimate of drug-likeness (QED) is 0.289. The second-order valence-electron chi connectivity index (χ2n) is 9.48. The molecule has 0 bridgehead atoms. The van der Waals surface area contributed by atoms with Gasteiger partial charge in [0.05, 0.1) is 22.7 Å². The van der Waals surface area contributed by atoms with Gasteiger partial charge in [-0.1, -0.05) is 36.4 Å². The average Bonchev–Trinajstić information content (AvgIpc) is 3.52. The first-order valence-electron chi connectivity index (χ1n) is 12.6. The fourth-order valence-corrected chi connectivity index (χ4v) is 5.86. The van der Waals surface area contributed by atoms with Gasteiger partial charge in [-0.05, 0) is 54.4 Å². The normalized spacial score (nSPS) is 12.7. The Morgan fingerprint density at radius 1 is 1.00 bits per heavy atom. The number of benzene rings is 2. The van der Waals surface area contributed by atoms with E-state index in [0.29, 0.717) is 11.2 Å². The van der Waals surface area contributed by atoms with Crippen molar-refractivity contribution in [3.8, 4) is 11.1 Å². The van der Waals surface area contributed by atoms with Crippen molar-refractivity contribution in [2.45, 2.75) is 13.0 Å². The van der Waals surface area contributed by atoms with Crippen LogP contribution in [0.25, 0.3) is 32.9 Å². The summed E-state index contributed by atoms with van der Waals surface area (Å²) in [6, 6.07) is 23.4. The molecule has 6 aromatic rings. The molecule has 1 unspecified atom stereocenters. The zero-order chi connectivity index (χ0) is 27.1. The van der Waals surface area contributed by atoms with E-state index in [1.54, 1.807) is 23.9 Å². The first-order chi connectivity index (χ1) is 18.9. The lowest BCUT2D eigenvalue weighted by Gasteiger charge is -2.21. The van der Waals surface area contributed by atoms with E-state index in [2.05, 4.69) is 31.4 Å². The van der Waals surface area contributed by atoms with Crippen molar-refractivity contribution in [1.82, 2.24) is 19.1 Å². The third kappa shape index (κ3) is 4.40. The van der Waals surface area contributed by atoms with E-state index in [-0.39, 0.29) is 17.4 Å². The van der Waals surface area contributed by atoms with Crippen LogP contribution in [0.3, 0.4) is 0 Å². The average molecular weight is 538 g/mol. The number of H-pyrrole nitrogens is 1. The summed E-state index contributed by atoms with van der Waals surface area (Å²) in [6.45, 7) is 1.61. The Balaban J connectivity index is 1.66. The molecule has 4 aromatic heterocycles. The molecule has 0 saturated carbocycles. The Bertz CT molecular complexity index is 1930. The summed E-state index contributed by atoms with van der Waals surface area (Å²) in [6.07, 6.45) is 7.28. The zero-order valence-electron chi connectivity index (χ0n) is 21.5. The topological polar surface area (TPSA) is 102 Å². The van der Waals surface area contributed by atoms with Crippen LogP contribution in [0, 0.1) is 0 Å². The standard InChI is InChI=1S/C30H27N5O3S/c1-3-39(37,38)33-26-17-21(24-19-34(2)29-22(24)12-15-32-30(29)36)18-27-23(26)13-16-35(27)28(20-9-5-4-6-10-20)25-11-7-8-14-31-25/h4-19,28,33H,3H2,1-2H3,(H,32,36). The van der Waals surface area contributed by atoms with Crippen LogP contribution in [0.2, 0.25) is 0 Å². The number of rotatable bonds is 7. The molecule has 8 nitrogen and oxygen atoms in total. The van der Waals surface area contributed by atoms with Crippen molar-refractivity contribution >= 4 is 37.5 Å². The summed E-state index contributed by atoms with van der Waals surface area (Å²) in [7, 11) is -1.73. The van der Waals surface area contributed by atoms with E-state index in [4.69, 9.17) is 0 Å². The maximum atomic E-state index is 12.7. The van der Waals surface area contributed by atoms with Crippen LogP contribution in [0.4, 0.5) is 5.69 Å². The molecule has 9 heteroatoms. The van der Waals surface area contributed by atoms with Crippen molar-refractivity contribution < 1.29 is 8.42 Å². The Hall–Kier alpha value is -4.63. The molecule has 0 radical (unpaired) electrons. The van der Waals surface area contributed by atoms with Gasteiger partial charge in [0.1, 0.15) is 11.6 Å². The van der Waals surface area contributed by atoms with Gasteiger partial charge >= 0.3 is 0 Å². The van der Waals surface area contributed by atoms with E-state index < -0.39 is 10.0 Å². The van der Waals surface area contributed by atoms with Crippen molar-refractivity contribution in [2.75, 3.05) is 10.5 Å². The monoisotopic (exact) mass is 537 g/mol. The lowest BCUT2D eigenvalue weighted by Crippen LogP contribution is -2.15. The molecule has 4 heterocycles. The summed E-state index contributed by atoms with van der Waals surface area (Å²) in [5, 5.41) is 1.55. The lowest BCUT2D eigenvalue weighted by molar-refractivity contribution is 0.602. The molecule has 6 rings (SSSR count). The predicted molar refractivity (Wildman–Crippen MR) is 155 cm³/mol. The molecule has 0 spiro atoms. The first-order valence-corrected chi connectivity index (χ1v) is 14.3. The summed E-state index contributed by atoms with van der Waals surface area (Å²) in [4.78, 5) is 20.0. The Labute approximate surface area is 225 Å². The van der Waals surface area contributed by atoms with Crippen molar-refractivity contribution in [3.63, 3.8) is 0 Å². The second kappa shape index (κ2) is 9.59. The smallest absolute Gasteiger partial charge is 0.272 e. The fourth-order valence-electron chi connectivity index (χ4n) is 5.21. The minimum atomic E-state index is -3.55. The summed E-state index contributed by atoms with van der Waals surface area (Å²) >= 11 is 0. The summed E-state index contributed by atoms with van der Waals surface area (Å²) < 4.78 is 32.2. The molecule has 0 aliphatic carbocycles. The van der Waals surface area contributed by atoms with E-state index in [1.807, 2.05) is 80.1 Å². The molecule has 0 aliphatic heterocycles. The molecule has 39 heavy (non-hydrogen) atoms. The highest BCUT2D eigenvalue weighted by atomic mass is 32.2. The van der Waals surface area contributed by atoms with E-state index in [9.17, 15) is 13.2 Å². The molecule has 1 atom stereocenters. The molecule has 196 valence electrons. The van der Waals surface area contributed by atoms with Gasteiger partial charge in [0.25, 0.3) is 5.56 Å². The number of hydrogen-bond acceptors (Lipinski definition) is 4. The Morgan fingerprint density at radius 2 is 1.79 bits per heavy atom. The zero-order valence-corrected chi connectivity index (χ0v) is 22.3. The summed E-state index contributed by atoms with van der Waals surface area (Å²) in [5.41, 5.74) is 5.22. The molecular formula is C30H27N5O3S. The van der Waals surface area contributed by atoms with E-state index in [0.717, 1.165) is 38.7 Å². The number of nitrogens with one attached hydrogen (secondary N) is 2. The van der Waals surface area contributed by atoms with Crippen LogP contribution in [0.15, 0.2) is 102 Å². The minimum absolute atomic E-state index is 0.0519. The Kier molecular flexibility index (Phi) is 6.07. The van der Waals surface area contributed by atoms with Crippen LogP contribution in [0.5, 0.6) is 0 Å². The predicted octanol–water partition coefficient (Wildman–Crippen LogP) is 5.28. The number of pyridine rings is 2. The van der Waals surface area contributed by atoms with Crippen LogP contribution < -0.4 is 10.3 Å². The van der Waals surface area contributed by atoms with E-state index in [1.165, 1.54) is 0 Å². The third-order valence-electron chi connectivity index (χ3n) is 7.06. The van der Waals surface area contributed by atoms with Gasteiger partial charge in [-0.25, -0.2) is 8.42 Å². The second-order valence-corrected chi connectivity index (χ2v) is 11.5. The molecule has 0 saturated heterocycles. The van der Waals surface area contributed by atoms with Crippen LogP contribution in [-0.4, -0.2) is 33.3 Å². The largest absolute Gasteiger partial charge is 0.345 e. The number of nitrogens with zero attached hydrogens (tertiary/aromatic N) is 3. The fraction of sp³-hybridized carbons (Fsp3) is 0.133. The van der Waals surface area contributed by atoms with Crippen molar-refractivity contribution in [1.29, 1.82) is 0 Å². The van der Waals surface area contributed by atoms with Gasteiger partial charge in [0.15, 0.2) is 0 Å². The van der Waals surface area contributed by atoms with Crippen LogP contribution >= 0.6 is 0 Å². The highest BCUT2D eigenvalue weighted by Crippen LogP contribution is 2.38. The van der Waals surface area contributed by atoms with E-state index >= 15 is 0 Å². The molecular weight excluding hydrogens is 510 g/mol. The summed E-state index contributed by atoms with van der Waals surface area (Å²) in [5.74, 6) is -0.0519. The van der Waals surface area contributed by atoms with Gasteiger partial charge in [0, 0.05) is 48.2 Å². The van der Waals surface area contributed by atoms with Gasteiger partial charge in [-0.2, -0.15) is 0 Å². The highest BCUT2D eigenvalue weighted by molar-refractivity contribution is 7.92. The molecule has 0 amide bonds. The van der Waals surface area contributed by atoms with Gasteiger partial charge < -0.3 is 14.1 Å². The van der Waals surface area contributed by atoms with Gasteiger partial charge in [0.2, 0.25) is 10.0 Å². The van der Waals surface area contributed by atoms with Crippen molar-refractivity contribution in [3.05, 3.63) is 119 Å². The maximum absolute atomic E-state index is 12.7. The highest BCUT2D eigenvalue weighted by Gasteiger charge is 2.22. The van der Waals surface area contributed by atoms with Crippen LogP contribution in [0.1, 0.15) is 24.2 Å². The number of sulfonamides is 1. The Morgan fingerprint density at radius 3 is 2.54 bits per heavy atom. The van der Waals surface area contributed by atoms with Gasteiger partial charge in [-0.15, -0.1) is 0 Å².